The Bertz CT molecular complexity index is 413. The summed E-state index contributed by atoms with van der Waals surface area (Å²) in [6.45, 7) is 9.57. The van der Waals surface area contributed by atoms with E-state index in [0.29, 0.717) is 6.54 Å². The van der Waals surface area contributed by atoms with Crippen molar-refractivity contribution in [1.82, 2.24) is 14.7 Å². The van der Waals surface area contributed by atoms with Crippen molar-refractivity contribution in [2.75, 3.05) is 26.2 Å². The molecule has 2 N–H and O–H groups in total. The normalized spacial score (nSPS) is 22.1. The van der Waals surface area contributed by atoms with E-state index in [9.17, 15) is 0 Å². The third kappa shape index (κ3) is 2.58. The van der Waals surface area contributed by atoms with Crippen molar-refractivity contribution < 1.29 is 4.74 Å². The number of ether oxygens (including phenoxy) is 1. The monoisotopic (exact) mass is 252 g/mol. The van der Waals surface area contributed by atoms with E-state index < -0.39 is 0 Å². The van der Waals surface area contributed by atoms with Gasteiger partial charge in [0.25, 0.3) is 0 Å². The average molecular weight is 252 g/mol. The lowest BCUT2D eigenvalue weighted by atomic mass is 10.0. The van der Waals surface area contributed by atoms with E-state index in [1.807, 2.05) is 17.9 Å². The molecule has 5 nitrogen and oxygen atoms in total. The zero-order chi connectivity index (χ0) is 13.3. The van der Waals surface area contributed by atoms with Crippen LogP contribution >= 0.6 is 0 Å². The third-order valence-electron chi connectivity index (χ3n) is 3.75. The van der Waals surface area contributed by atoms with Crippen molar-refractivity contribution >= 4 is 0 Å². The summed E-state index contributed by atoms with van der Waals surface area (Å²) in [5, 5.41) is 4.32. The third-order valence-corrected chi connectivity index (χ3v) is 3.75. The van der Waals surface area contributed by atoms with Crippen molar-refractivity contribution in [2.45, 2.75) is 32.4 Å². The number of rotatable bonds is 3. The van der Waals surface area contributed by atoms with Gasteiger partial charge in [-0.25, -0.2) is 0 Å². The minimum atomic E-state index is -0.0955. The standard InChI is InChI=1S/C13H24N4O/c1-10-11(8-15-16(10)4)12(7-14)17-5-6-18-13(2,3)9-17/h8,12H,5-7,9,14H2,1-4H3. The molecule has 1 aromatic heterocycles. The van der Waals surface area contributed by atoms with Gasteiger partial charge in [0.15, 0.2) is 0 Å². The van der Waals surface area contributed by atoms with Crippen LogP contribution in [0.5, 0.6) is 0 Å². The first-order chi connectivity index (χ1) is 8.44. The van der Waals surface area contributed by atoms with Crippen LogP contribution in [0.1, 0.15) is 31.1 Å². The first kappa shape index (κ1) is 13.5. The summed E-state index contributed by atoms with van der Waals surface area (Å²) in [5.74, 6) is 0. The van der Waals surface area contributed by atoms with E-state index in [2.05, 4.69) is 30.8 Å². The van der Waals surface area contributed by atoms with Gasteiger partial charge in [0, 0.05) is 37.9 Å². The number of morpholine rings is 1. The Hall–Kier alpha value is -0.910. The fraction of sp³-hybridized carbons (Fsp3) is 0.769. The quantitative estimate of drug-likeness (QED) is 0.866. The number of hydrogen-bond acceptors (Lipinski definition) is 4. The van der Waals surface area contributed by atoms with Gasteiger partial charge in [-0.2, -0.15) is 5.10 Å². The maximum atomic E-state index is 5.98. The van der Waals surface area contributed by atoms with Crippen LogP contribution in [-0.4, -0.2) is 46.5 Å². The first-order valence-electron chi connectivity index (χ1n) is 6.51. The summed E-state index contributed by atoms with van der Waals surface area (Å²) in [4.78, 5) is 2.41. The molecular formula is C13H24N4O. The van der Waals surface area contributed by atoms with Crippen molar-refractivity contribution in [2.24, 2.45) is 12.8 Å². The molecule has 0 aliphatic carbocycles. The zero-order valence-corrected chi connectivity index (χ0v) is 11.8. The van der Waals surface area contributed by atoms with Crippen LogP contribution in [0.15, 0.2) is 6.20 Å². The average Bonchev–Trinajstić information content (AvgIpc) is 2.61. The molecular weight excluding hydrogens is 228 g/mol. The van der Waals surface area contributed by atoms with Gasteiger partial charge < -0.3 is 10.5 Å². The van der Waals surface area contributed by atoms with Gasteiger partial charge in [-0.05, 0) is 20.8 Å². The van der Waals surface area contributed by atoms with Crippen molar-refractivity contribution in [3.05, 3.63) is 17.5 Å². The van der Waals surface area contributed by atoms with Gasteiger partial charge in [-0.15, -0.1) is 0 Å². The predicted molar refractivity (Wildman–Crippen MR) is 71.3 cm³/mol. The van der Waals surface area contributed by atoms with Gasteiger partial charge in [-0.1, -0.05) is 0 Å². The van der Waals surface area contributed by atoms with E-state index in [0.717, 1.165) is 19.7 Å². The zero-order valence-electron chi connectivity index (χ0n) is 11.8. The van der Waals surface area contributed by atoms with E-state index in [-0.39, 0.29) is 11.6 Å². The topological polar surface area (TPSA) is 56.3 Å². The molecule has 1 fully saturated rings. The lowest BCUT2D eigenvalue weighted by Crippen LogP contribution is -2.50. The van der Waals surface area contributed by atoms with E-state index in [4.69, 9.17) is 10.5 Å². The molecule has 0 spiro atoms. The highest BCUT2D eigenvalue weighted by Crippen LogP contribution is 2.27. The second kappa shape index (κ2) is 4.99. The van der Waals surface area contributed by atoms with Crippen LogP contribution < -0.4 is 5.73 Å². The summed E-state index contributed by atoms with van der Waals surface area (Å²) in [6, 6.07) is 0.238. The lowest BCUT2D eigenvalue weighted by Gasteiger charge is -2.42. The summed E-state index contributed by atoms with van der Waals surface area (Å²) in [7, 11) is 1.97. The molecule has 1 atom stereocenters. The summed E-state index contributed by atoms with van der Waals surface area (Å²) in [6.07, 6.45) is 1.94. The Morgan fingerprint density at radius 1 is 1.56 bits per heavy atom. The maximum Gasteiger partial charge on any atom is 0.0753 e. The molecule has 5 heteroatoms. The molecule has 1 saturated heterocycles. The molecule has 1 unspecified atom stereocenters. The predicted octanol–water partition coefficient (Wildman–Crippen LogP) is 0.839. The van der Waals surface area contributed by atoms with Crippen LogP contribution in [0, 0.1) is 6.92 Å². The second-order valence-electron chi connectivity index (χ2n) is 5.64. The molecule has 0 aromatic carbocycles. The summed E-state index contributed by atoms with van der Waals surface area (Å²) >= 11 is 0. The van der Waals surface area contributed by atoms with Crippen LogP contribution in [-0.2, 0) is 11.8 Å². The smallest absolute Gasteiger partial charge is 0.0753 e. The largest absolute Gasteiger partial charge is 0.373 e. The van der Waals surface area contributed by atoms with E-state index in [1.165, 1.54) is 11.3 Å². The molecule has 0 bridgehead atoms. The Labute approximate surface area is 109 Å². The Balaban J connectivity index is 2.21. The Morgan fingerprint density at radius 3 is 2.78 bits per heavy atom. The van der Waals surface area contributed by atoms with E-state index in [1.54, 1.807) is 0 Å². The fourth-order valence-corrected chi connectivity index (χ4v) is 2.63. The van der Waals surface area contributed by atoms with Gasteiger partial charge >= 0.3 is 0 Å². The van der Waals surface area contributed by atoms with Crippen LogP contribution in [0.3, 0.4) is 0 Å². The number of nitrogens with zero attached hydrogens (tertiary/aromatic N) is 3. The number of aryl methyl sites for hydroxylation is 1. The van der Waals surface area contributed by atoms with Crippen LogP contribution in [0.25, 0.3) is 0 Å². The second-order valence-corrected chi connectivity index (χ2v) is 5.64. The highest BCUT2D eigenvalue weighted by molar-refractivity contribution is 5.21. The SMILES string of the molecule is Cc1c(C(CN)N2CCOC(C)(C)C2)cnn1C. The molecule has 1 aromatic rings. The molecule has 0 radical (unpaired) electrons. The maximum absolute atomic E-state index is 5.98. The van der Waals surface area contributed by atoms with Crippen molar-refractivity contribution in [3.8, 4) is 0 Å². The van der Waals surface area contributed by atoms with Gasteiger partial charge in [-0.3, -0.25) is 9.58 Å². The molecule has 0 amide bonds. The number of aromatic nitrogens is 2. The molecule has 18 heavy (non-hydrogen) atoms. The summed E-state index contributed by atoms with van der Waals surface area (Å²) < 4.78 is 7.66. The molecule has 0 saturated carbocycles. The lowest BCUT2D eigenvalue weighted by molar-refractivity contribution is -0.0968. The number of nitrogens with two attached hydrogens (primary N) is 1. The number of hydrogen-bond donors (Lipinski definition) is 1. The van der Waals surface area contributed by atoms with Crippen LogP contribution in [0.2, 0.25) is 0 Å². The minimum absolute atomic E-state index is 0.0955. The Kier molecular flexibility index (Phi) is 3.75. The molecule has 102 valence electrons. The van der Waals surface area contributed by atoms with Crippen LogP contribution in [0.4, 0.5) is 0 Å². The first-order valence-corrected chi connectivity index (χ1v) is 6.51. The van der Waals surface area contributed by atoms with Gasteiger partial charge in [0.05, 0.1) is 24.4 Å². The van der Waals surface area contributed by atoms with Crippen molar-refractivity contribution in [3.63, 3.8) is 0 Å². The van der Waals surface area contributed by atoms with Gasteiger partial charge in [0.1, 0.15) is 0 Å². The minimum Gasteiger partial charge on any atom is -0.373 e. The molecule has 1 aliphatic heterocycles. The summed E-state index contributed by atoms with van der Waals surface area (Å²) in [5.41, 5.74) is 8.31. The van der Waals surface area contributed by atoms with Gasteiger partial charge in [0.2, 0.25) is 0 Å². The fourth-order valence-electron chi connectivity index (χ4n) is 2.63. The Morgan fingerprint density at radius 2 is 2.28 bits per heavy atom. The molecule has 1 aliphatic rings. The van der Waals surface area contributed by atoms with E-state index >= 15 is 0 Å². The molecule has 2 heterocycles. The highest BCUT2D eigenvalue weighted by Gasteiger charge is 2.32. The van der Waals surface area contributed by atoms with Crippen molar-refractivity contribution in [1.29, 1.82) is 0 Å². The molecule has 2 rings (SSSR count). The highest BCUT2D eigenvalue weighted by atomic mass is 16.5.